The molecule has 184 valence electrons. The predicted molar refractivity (Wildman–Crippen MR) is 125 cm³/mol. The number of carbonyl (C=O) groups is 2. The van der Waals surface area contributed by atoms with Gasteiger partial charge in [-0.3, -0.25) is 9.63 Å². The van der Waals surface area contributed by atoms with Crippen LogP contribution in [0.2, 0.25) is 0 Å². The third-order valence-electron chi connectivity index (χ3n) is 5.32. The molecule has 1 N–H and O–H groups in total. The second-order valence-corrected chi connectivity index (χ2v) is 7.61. The van der Waals surface area contributed by atoms with Crippen molar-refractivity contribution < 1.29 is 32.7 Å². The van der Waals surface area contributed by atoms with Gasteiger partial charge in [0, 0.05) is 25.6 Å². The van der Waals surface area contributed by atoms with Crippen LogP contribution in [0.3, 0.4) is 0 Å². The number of nitrogens with zero attached hydrogens (tertiary/aromatic N) is 1. The molecule has 0 bridgehead atoms. The summed E-state index contributed by atoms with van der Waals surface area (Å²) in [5.74, 6) is -1.15. The number of alkyl carbamates (subject to hydrolysis) is 1. The van der Waals surface area contributed by atoms with E-state index >= 15 is 4.39 Å². The molecule has 0 saturated carbocycles. The largest absolute Gasteiger partial charge is 0.497 e. The first-order valence-corrected chi connectivity index (χ1v) is 10.7. The lowest BCUT2D eigenvalue weighted by atomic mass is 9.98. The summed E-state index contributed by atoms with van der Waals surface area (Å²) in [5.41, 5.74) is 1.42. The van der Waals surface area contributed by atoms with Gasteiger partial charge in [0.2, 0.25) is 0 Å². The standard InChI is InChI=1S/C26H26F2N2O5/c1-30(34-3)25(31)23(35-26(32)29-16-17-10-12-21(33-2)13-11-17)15-19-7-5-9-22(24(19)28)18-6-4-8-20(27)14-18/h4-14,23H,15-16H2,1-3H3,(H,29,32). The average Bonchev–Trinajstić information content (AvgIpc) is 2.87. The Hall–Kier alpha value is -3.98. The van der Waals surface area contributed by atoms with Crippen molar-refractivity contribution in [1.82, 2.24) is 10.4 Å². The SMILES string of the molecule is COc1ccc(CNC(=O)OC(Cc2cccc(-c3cccc(F)c3)c2F)C(=O)N(C)OC)cc1. The Morgan fingerprint density at radius 1 is 1.00 bits per heavy atom. The second-order valence-electron chi connectivity index (χ2n) is 7.61. The zero-order valence-electron chi connectivity index (χ0n) is 19.6. The number of rotatable bonds is 9. The van der Waals surface area contributed by atoms with E-state index in [1.165, 1.54) is 44.5 Å². The number of likely N-dealkylation sites (N-methyl/N-ethyl adjacent to an activating group) is 1. The highest BCUT2D eigenvalue weighted by Crippen LogP contribution is 2.27. The number of benzene rings is 3. The Kier molecular flexibility index (Phi) is 8.74. The van der Waals surface area contributed by atoms with Crippen LogP contribution in [-0.4, -0.2) is 44.4 Å². The molecule has 3 aromatic rings. The van der Waals surface area contributed by atoms with Crippen LogP contribution in [0.5, 0.6) is 5.75 Å². The minimum absolute atomic E-state index is 0.123. The molecule has 3 aromatic carbocycles. The molecule has 0 saturated heterocycles. The van der Waals surface area contributed by atoms with Gasteiger partial charge >= 0.3 is 6.09 Å². The van der Waals surface area contributed by atoms with Gasteiger partial charge < -0.3 is 14.8 Å². The van der Waals surface area contributed by atoms with Gasteiger partial charge in [0.15, 0.2) is 6.10 Å². The Bertz CT molecular complexity index is 1170. The summed E-state index contributed by atoms with van der Waals surface area (Å²) in [5, 5.41) is 3.47. The number of halogens is 2. The Balaban J connectivity index is 1.76. The Morgan fingerprint density at radius 3 is 2.37 bits per heavy atom. The molecule has 35 heavy (non-hydrogen) atoms. The van der Waals surface area contributed by atoms with Gasteiger partial charge in [-0.15, -0.1) is 0 Å². The number of methoxy groups -OCH3 is 1. The number of hydrogen-bond acceptors (Lipinski definition) is 5. The zero-order valence-corrected chi connectivity index (χ0v) is 19.6. The highest BCUT2D eigenvalue weighted by molar-refractivity contribution is 5.83. The lowest BCUT2D eigenvalue weighted by Gasteiger charge is -2.22. The average molecular weight is 484 g/mol. The van der Waals surface area contributed by atoms with Crippen LogP contribution >= 0.6 is 0 Å². The van der Waals surface area contributed by atoms with Crippen molar-refractivity contribution >= 4 is 12.0 Å². The molecule has 1 atom stereocenters. The first-order valence-electron chi connectivity index (χ1n) is 10.7. The lowest BCUT2D eigenvalue weighted by molar-refractivity contribution is -0.177. The van der Waals surface area contributed by atoms with Gasteiger partial charge in [-0.05, 0) is 41.0 Å². The monoisotopic (exact) mass is 484 g/mol. The number of ether oxygens (including phenoxy) is 2. The molecule has 2 amide bonds. The van der Waals surface area contributed by atoms with Crippen molar-refractivity contribution in [2.45, 2.75) is 19.1 Å². The molecule has 1 unspecified atom stereocenters. The molecule has 9 heteroatoms. The summed E-state index contributed by atoms with van der Waals surface area (Å²) in [6.07, 6.45) is -2.48. The molecule has 3 rings (SSSR count). The van der Waals surface area contributed by atoms with Gasteiger partial charge in [0.05, 0.1) is 14.2 Å². The van der Waals surface area contributed by atoms with E-state index in [9.17, 15) is 14.0 Å². The molecule has 0 radical (unpaired) electrons. The highest BCUT2D eigenvalue weighted by Gasteiger charge is 2.28. The molecule has 0 fully saturated rings. The minimum Gasteiger partial charge on any atom is -0.497 e. The van der Waals surface area contributed by atoms with Crippen LogP contribution in [0.25, 0.3) is 11.1 Å². The quantitative estimate of drug-likeness (QED) is 0.453. The predicted octanol–water partition coefficient (Wildman–Crippen LogP) is 4.50. The van der Waals surface area contributed by atoms with Crippen LogP contribution in [0.1, 0.15) is 11.1 Å². The zero-order chi connectivity index (χ0) is 25.4. The summed E-state index contributed by atoms with van der Waals surface area (Å²) in [7, 11) is 4.19. The fourth-order valence-corrected chi connectivity index (χ4v) is 3.38. The van der Waals surface area contributed by atoms with E-state index in [-0.39, 0.29) is 24.1 Å². The molecular formula is C26H26F2N2O5. The van der Waals surface area contributed by atoms with Crippen molar-refractivity contribution in [2.24, 2.45) is 0 Å². The maximum atomic E-state index is 15.3. The number of carbonyl (C=O) groups excluding carboxylic acids is 2. The van der Waals surface area contributed by atoms with E-state index in [2.05, 4.69) is 5.32 Å². The van der Waals surface area contributed by atoms with Crippen LogP contribution in [-0.2, 0) is 27.3 Å². The van der Waals surface area contributed by atoms with Crippen LogP contribution in [0, 0.1) is 11.6 Å². The Morgan fingerprint density at radius 2 is 1.71 bits per heavy atom. The molecule has 7 nitrogen and oxygen atoms in total. The lowest BCUT2D eigenvalue weighted by Crippen LogP contribution is -2.42. The third kappa shape index (κ3) is 6.77. The van der Waals surface area contributed by atoms with E-state index < -0.39 is 29.7 Å². The number of hydrogen-bond donors (Lipinski definition) is 1. The maximum absolute atomic E-state index is 15.3. The Labute approximate surface area is 202 Å². The summed E-state index contributed by atoms with van der Waals surface area (Å²) in [4.78, 5) is 30.2. The number of hydroxylamine groups is 2. The van der Waals surface area contributed by atoms with Gasteiger partial charge in [0.1, 0.15) is 17.4 Å². The van der Waals surface area contributed by atoms with E-state index in [1.807, 2.05) is 0 Å². The molecule has 0 aromatic heterocycles. The third-order valence-corrected chi connectivity index (χ3v) is 5.32. The van der Waals surface area contributed by atoms with Gasteiger partial charge in [-0.2, -0.15) is 0 Å². The first-order chi connectivity index (χ1) is 16.8. The van der Waals surface area contributed by atoms with Crippen molar-refractivity contribution in [2.75, 3.05) is 21.3 Å². The number of nitrogens with one attached hydrogen (secondary N) is 1. The van der Waals surface area contributed by atoms with Gasteiger partial charge in [-0.25, -0.2) is 18.6 Å². The van der Waals surface area contributed by atoms with Crippen LogP contribution in [0.4, 0.5) is 13.6 Å². The smallest absolute Gasteiger partial charge is 0.408 e. The van der Waals surface area contributed by atoms with E-state index in [0.29, 0.717) is 11.3 Å². The maximum Gasteiger partial charge on any atom is 0.408 e. The highest BCUT2D eigenvalue weighted by atomic mass is 19.1. The summed E-state index contributed by atoms with van der Waals surface area (Å²) < 4.78 is 39.4. The fourth-order valence-electron chi connectivity index (χ4n) is 3.38. The summed E-state index contributed by atoms with van der Waals surface area (Å²) in [6, 6.07) is 17.1. The van der Waals surface area contributed by atoms with Gasteiger partial charge in [-0.1, -0.05) is 42.5 Å². The molecular weight excluding hydrogens is 458 g/mol. The van der Waals surface area contributed by atoms with Crippen molar-refractivity contribution in [3.8, 4) is 16.9 Å². The van der Waals surface area contributed by atoms with Crippen LogP contribution < -0.4 is 10.1 Å². The fraction of sp³-hybridized carbons (Fsp3) is 0.231. The molecule has 0 spiro atoms. The van der Waals surface area contributed by atoms with Crippen LogP contribution in [0.15, 0.2) is 66.7 Å². The number of amides is 2. The van der Waals surface area contributed by atoms with Crippen molar-refractivity contribution in [1.29, 1.82) is 0 Å². The molecule has 0 aliphatic carbocycles. The first kappa shape index (κ1) is 25.6. The second kappa shape index (κ2) is 11.9. The summed E-state index contributed by atoms with van der Waals surface area (Å²) >= 11 is 0. The van der Waals surface area contributed by atoms with Crippen molar-refractivity contribution in [3.05, 3.63) is 89.5 Å². The molecule has 0 heterocycles. The topological polar surface area (TPSA) is 77.1 Å². The van der Waals surface area contributed by atoms with E-state index in [1.54, 1.807) is 43.5 Å². The van der Waals surface area contributed by atoms with Crippen molar-refractivity contribution in [3.63, 3.8) is 0 Å². The summed E-state index contributed by atoms with van der Waals surface area (Å²) in [6.45, 7) is 0.146. The van der Waals surface area contributed by atoms with E-state index in [0.717, 1.165) is 10.6 Å². The van der Waals surface area contributed by atoms with E-state index in [4.69, 9.17) is 14.3 Å². The normalized spacial score (nSPS) is 11.5. The minimum atomic E-state index is -1.37. The molecule has 0 aliphatic heterocycles. The molecule has 0 aliphatic rings. The van der Waals surface area contributed by atoms with Gasteiger partial charge in [0.25, 0.3) is 5.91 Å².